The number of methoxy groups -OCH3 is 1. The van der Waals surface area contributed by atoms with Crippen LogP contribution in [-0.2, 0) is 11.3 Å². The quantitative estimate of drug-likeness (QED) is 0.744. The minimum absolute atomic E-state index is 0.206. The van der Waals surface area contributed by atoms with Gasteiger partial charge in [-0.2, -0.15) is 0 Å². The molecule has 1 rings (SSSR count). The number of ether oxygens (including phenoxy) is 1. The summed E-state index contributed by atoms with van der Waals surface area (Å²) >= 11 is 9.41. The lowest BCUT2D eigenvalue weighted by molar-refractivity contribution is 0.185. The molecule has 0 fully saturated rings. The van der Waals surface area contributed by atoms with E-state index >= 15 is 0 Å². The van der Waals surface area contributed by atoms with Gasteiger partial charge in [0.2, 0.25) is 0 Å². The molecule has 0 radical (unpaired) electrons. The van der Waals surface area contributed by atoms with Crippen LogP contribution in [0.4, 0.5) is 4.39 Å². The minimum atomic E-state index is -0.371. The molecule has 1 atom stereocenters. The van der Waals surface area contributed by atoms with E-state index in [2.05, 4.69) is 20.8 Å². The number of halogens is 3. The van der Waals surface area contributed by atoms with Gasteiger partial charge in [-0.1, -0.05) is 39.7 Å². The molecule has 1 unspecified atom stereocenters. The molecule has 96 valence electrons. The summed E-state index contributed by atoms with van der Waals surface area (Å²) in [4.78, 5) is 2.32. The summed E-state index contributed by atoms with van der Waals surface area (Å²) in [5, 5.41) is 0.206. The molecular formula is C12H16BrClFNO. The van der Waals surface area contributed by atoms with Crippen molar-refractivity contribution in [3.63, 3.8) is 0 Å². The third-order valence-corrected chi connectivity index (χ3v) is 3.31. The first kappa shape index (κ1) is 14.9. The van der Waals surface area contributed by atoms with Crippen molar-refractivity contribution in [3.8, 4) is 0 Å². The molecule has 1 aromatic rings. The Morgan fingerprint density at radius 1 is 1.53 bits per heavy atom. The first-order valence-electron chi connectivity index (χ1n) is 5.29. The van der Waals surface area contributed by atoms with E-state index < -0.39 is 0 Å². The van der Waals surface area contributed by atoms with Crippen molar-refractivity contribution in [1.29, 1.82) is 0 Å². The number of alkyl halides is 1. The van der Waals surface area contributed by atoms with Gasteiger partial charge in [-0.3, -0.25) is 0 Å². The highest BCUT2D eigenvalue weighted by Gasteiger charge is 2.11. The molecule has 1 aromatic carbocycles. The summed E-state index contributed by atoms with van der Waals surface area (Å²) < 4.78 is 18.3. The molecule has 0 aliphatic rings. The summed E-state index contributed by atoms with van der Waals surface area (Å²) in [5.41, 5.74) is 0.797. The molecule has 0 aromatic heterocycles. The summed E-state index contributed by atoms with van der Waals surface area (Å²) in [6.07, 6.45) is 0. The number of benzene rings is 1. The molecule has 0 heterocycles. The molecule has 0 aliphatic heterocycles. The van der Waals surface area contributed by atoms with Crippen LogP contribution >= 0.6 is 27.5 Å². The van der Waals surface area contributed by atoms with E-state index in [9.17, 15) is 4.39 Å². The normalized spacial score (nSPS) is 13.1. The Kier molecular flexibility index (Phi) is 6.41. The molecular weight excluding hydrogens is 308 g/mol. The van der Waals surface area contributed by atoms with Crippen molar-refractivity contribution < 1.29 is 9.13 Å². The van der Waals surface area contributed by atoms with Gasteiger partial charge in [0, 0.05) is 20.2 Å². The predicted octanol–water partition coefficient (Wildman–Crippen LogP) is 3.32. The van der Waals surface area contributed by atoms with Crippen LogP contribution < -0.4 is 0 Å². The summed E-state index contributed by atoms with van der Waals surface area (Å²) in [6.45, 7) is 2.06. The van der Waals surface area contributed by atoms with Crippen molar-refractivity contribution in [1.82, 2.24) is 4.90 Å². The van der Waals surface area contributed by atoms with Gasteiger partial charge in [0.05, 0.1) is 16.5 Å². The Labute approximate surface area is 115 Å². The highest BCUT2D eigenvalue weighted by Crippen LogP contribution is 2.21. The largest absolute Gasteiger partial charge is 0.383 e. The van der Waals surface area contributed by atoms with Gasteiger partial charge < -0.3 is 9.64 Å². The van der Waals surface area contributed by atoms with Gasteiger partial charge in [0.25, 0.3) is 0 Å². The van der Waals surface area contributed by atoms with Crippen molar-refractivity contribution in [2.45, 2.75) is 11.4 Å². The van der Waals surface area contributed by atoms with E-state index in [1.165, 1.54) is 6.07 Å². The molecule has 0 aliphatic carbocycles. The number of hydrogen-bond donors (Lipinski definition) is 0. The lowest BCUT2D eigenvalue weighted by Crippen LogP contribution is -2.28. The molecule has 0 saturated carbocycles. The third-order valence-electron chi connectivity index (χ3n) is 2.33. The van der Waals surface area contributed by atoms with Gasteiger partial charge in [-0.05, 0) is 18.7 Å². The zero-order chi connectivity index (χ0) is 12.8. The zero-order valence-corrected chi connectivity index (χ0v) is 12.3. The van der Waals surface area contributed by atoms with Gasteiger partial charge in [0.1, 0.15) is 5.82 Å². The van der Waals surface area contributed by atoms with Crippen LogP contribution in [0.15, 0.2) is 18.2 Å². The average molecular weight is 325 g/mol. The van der Waals surface area contributed by atoms with Crippen molar-refractivity contribution in [2.24, 2.45) is 0 Å². The van der Waals surface area contributed by atoms with E-state index in [-0.39, 0.29) is 15.7 Å². The molecule has 0 bridgehead atoms. The monoisotopic (exact) mass is 323 g/mol. The Hall–Kier alpha value is -0.160. The van der Waals surface area contributed by atoms with Crippen LogP contribution in [0, 0.1) is 5.82 Å². The lowest BCUT2D eigenvalue weighted by atomic mass is 10.2. The Balaban J connectivity index is 2.56. The summed E-state index contributed by atoms with van der Waals surface area (Å²) in [5.74, 6) is -0.371. The Morgan fingerprint density at radius 3 is 2.88 bits per heavy atom. The first-order valence-corrected chi connectivity index (χ1v) is 6.58. The summed E-state index contributed by atoms with van der Waals surface area (Å²) in [7, 11) is 3.63. The molecule has 2 nitrogen and oxygen atoms in total. The highest BCUT2D eigenvalue weighted by atomic mass is 79.9. The topological polar surface area (TPSA) is 12.5 Å². The van der Waals surface area contributed by atoms with Gasteiger partial charge in [-0.15, -0.1) is 0 Å². The van der Waals surface area contributed by atoms with Crippen LogP contribution in [0.25, 0.3) is 0 Å². The number of hydrogen-bond acceptors (Lipinski definition) is 2. The minimum Gasteiger partial charge on any atom is -0.383 e. The summed E-state index contributed by atoms with van der Waals surface area (Å²) in [6, 6.07) is 4.87. The number of rotatable bonds is 6. The lowest BCUT2D eigenvalue weighted by Gasteiger charge is -2.20. The second kappa shape index (κ2) is 7.31. The molecule has 0 spiro atoms. The molecule has 17 heavy (non-hydrogen) atoms. The molecule has 0 saturated heterocycles. The molecule has 0 amide bonds. The van der Waals surface area contributed by atoms with Crippen molar-refractivity contribution >= 4 is 27.5 Å². The second-order valence-electron chi connectivity index (χ2n) is 3.96. The average Bonchev–Trinajstić information content (AvgIpc) is 2.25. The smallest absolute Gasteiger partial charge is 0.142 e. The van der Waals surface area contributed by atoms with Crippen LogP contribution in [0.2, 0.25) is 5.02 Å². The molecule has 0 N–H and O–H groups in total. The predicted molar refractivity (Wildman–Crippen MR) is 72.3 cm³/mol. The Bertz CT molecular complexity index is 364. The van der Waals surface area contributed by atoms with Crippen LogP contribution in [0.5, 0.6) is 0 Å². The second-order valence-corrected chi connectivity index (χ2v) is 5.64. The standard InChI is InChI=1S/C12H16BrClFNO/c1-16(7-10(13)8-17-2)6-9-4-3-5-11(15)12(9)14/h3-5,10H,6-8H2,1-2H3. The fourth-order valence-electron chi connectivity index (χ4n) is 1.60. The fraction of sp³-hybridized carbons (Fsp3) is 0.500. The van der Waals surface area contributed by atoms with Crippen molar-refractivity contribution in [3.05, 3.63) is 34.6 Å². The third kappa shape index (κ3) is 4.92. The maximum Gasteiger partial charge on any atom is 0.142 e. The van der Waals surface area contributed by atoms with Gasteiger partial charge in [-0.25, -0.2) is 4.39 Å². The molecule has 5 heteroatoms. The maximum atomic E-state index is 13.2. The Morgan fingerprint density at radius 2 is 2.24 bits per heavy atom. The van der Waals surface area contributed by atoms with E-state index in [0.717, 1.165) is 12.1 Å². The highest BCUT2D eigenvalue weighted by molar-refractivity contribution is 9.09. The fourth-order valence-corrected chi connectivity index (χ4v) is 2.54. The number of nitrogens with zero attached hydrogens (tertiary/aromatic N) is 1. The SMILES string of the molecule is COCC(Br)CN(C)Cc1cccc(F)c1Cl. The van der Waals surface area contributed by atoms with Crippen molar-refractivity contribution in [2.75, 3.05) is 27.3 Å². The first-order chi connectivity index (χ1) is 8.04. The van der Waals surface area contributed by atoms with E-state index in [0.29, 0.717) is 13.2 Å². The van der Waals surface area contributed by atoms with Crippen LogP contribution in [0.3, 0.4) is 0 Å². The van der Waals surface area contributed by atoms with Crippen LogP contribution in [-0.4, -0.2) is 37.0 Å². The van der Waals surface area contributed by atoms with Gasteiger partial charge in [0.15, 0.2) is 0 Å². The maximum absolute atomic E-state index is 13.2. The van der Waals surface area contributed by atoms with E-state index in [1.807, 2.05) is 13.1 Å². The van der Waals surface area contributed by atoms with Crippen LogP contribution in [0.1, 0.15) is 5.56 Å². The zero-order valence-electron chi connectivity index (χ0n) is 9.92. The van der Waals surface area contributed by atoms with E-state index in [1.54, 1.807) is 13.2 Å². The van der Waals surface area contributed by atoms with Gasteiger partial charge >= 0.3 is 0 Å². The van der Waals surface area contributed by atoms with E-state index in [4.69, 9.17) is 16.3 Å².